The van der Waals surface area contributed by atoms with E-state index in [0.29, 0.717) is 19.0 Å². The number of hydrogen-bond acceptors (Lipinski definition) is 3. The fourth-order valence-electron chi connectivity index (χ4n) is 3.83. The lowest BCUT2D eigenvalue weighted by molar-refractivity contribution is -0.127. The summed E-state index contributed by atoms with van der Waals surface area (Å²) in [5, 5.41) is 9.87. The van der Waals surface area contributed by atoms with Crippen LogP contribution >= 0.6 is 0 Å². The summed E-state index contributed by atoms with van der Waals surface area (Å²) in [5.74, 6) is 1.31. The zero-order valence-electron chi connectivity index (χ0n) is 14.2. The fourth-order valence-corrected chi connectivity index (χ4v) is 3.83. The summed E-state index contributed by atoms with van der Waals surface area (Å²) in [6.07, 6.45) is 7.05. The van der Waals surface area contributed by atoms with Crippen LogP contribution in [0.4, 0.5) is 0 Å². The average Bonchev–Trinajstić information content (AvgIpc) is 2.60. The molecule has 1 aliphatic heterocycles. The summed E-state index contributed by atoms with van der Waals surface area (Å²) in [4.78, 5) is 14.1. The minimum absolute atomic E-state index is 0.0379. The average molecular weight is 329 g/mol. The van der Waals surface area contributed by atoms with Gasteiger partial charge in [-0.2, -0.15) is 0 Å². The highest BCUT2D eigenvalue weighted by Crippen LogP contribution is 2.28. The minimum atomic E-state index is -0.217. The van der Waals surface area contributed by atoms with Crippen LogP contribution in [0, 0.1) is 5.92 Å². The largest absolute Gasteiger partial charge is 0.493 e. The molecule has 2 unspecified atom stereocenters. The summed E-state index contributed by atoms with van der Waals surface area (Å²) < 4.78 is 5.66. The number of aryl methyl sites for hydroxylation is 1. The van der Waals surface area contributed by atoms with Gasteiger partial charge in [-0.1, -0.05) is 25.1 Å². The maximum Gasteiger partial charge on any atom is 0.246 e. The molecule has 0 spiro atoms. The van der Waals surface area contributed by atoms with Gasteiger partial charge >= 0.3 is 0 Å². The van der Waals surface area contributed by atoms with Crippen molar-refractivity contribution < 1.29 is 14.6 Å². The highest BCUT2D eigenvalue weighted by atomic mass is 16.5. The van der Waals surface area contributed by atoms with Crippen molar-refractivity contribution in [3.8, 4) is 5.75 Å². The second-order valence-corrected chi connectivity index (χ2v) is 7.00. The van der Waals surface area contributed by atoms with Crippen molar-refractivity contribution in [2.75, 3.05) is 13.2 Å². The molecular formula is C20H27NO3. The molecule has 0 bridgehead atoms. The van der Waals surface area contributed by atoms with Gasteiger partial charge in [-0.05, 0) is 61.3 Å². The number of rotatable bonds is 5. The molecule has 1 aromatic carbocycles. The summed E-state index contributed by atoms with van der Waals surface area (Å²) >= 11 is 0. The van der Waals surface area contributed by atoms with Gasteiger partial charge in [0.15, 0.2) is 0 Å². The van der Waals surface area contributed by atoms with Crippen LogP contribution < -0.4 is 4.74 Å². The molecule has 4 heteroatoms. The number of carbonyl (C=O) groups excluding carboxylic acids is 1. The first kappa shape index (κ1) is 17.0. The summed E-state index contributed by atoms with van der Waals surface area (Å²) in [5.41, 5.74) is 2.36. The van der Waals surface area contributed by atoms with Gasteiger partial charge in [0.25, 0.3) is 0 Å². The Kier molecular flexibility index (Phi) is 5.56. The summed E-state index contributed by atoms with van der Waals surface area (Å²) in [6.45, 7) is 5.71. The Morgan fingerprint density at radius 3 is 3.04 bits per heavy atom. The van der Waals surface area contributed by atoms with Crippen LogP contribution in [0.2, 0.25) is 0 Å². The van der Waals surface area contributed by atoms with Gasteiger partial charge in [0, 0.05) is 13.1 Å². The Morgan fingerprint density at radius 2 is 2.25 bits per heavy atom. The molecule has 0 aromatic heterocycles. The maximum atomic E-state index is 12.3. The number of nitrogens with zero attached hydrogens (tertiary/aromatic N) is 1. The lowest BCUT2D eigenvalue weighted by Crippen LogP contribution is -2.36. The number of amides is 1. The van der Waals surface area contributed by atoms with Crippen molar-refractivity contribution in [2.24, 2.45) is 5.92 Å². The molecule has 4 nitrogen and oxygen atoms in total. The molecule has 1 saturated carbocycles. The van der Waals surface area contributed by atoms with Gasteiger partial charge in [0.1, 0.15) is 5.75 Å². The van der Waals surface area contributed by atoms with Gasteiger partial charge < -0.3 is 14.7 Å². The lowest BCUT2D eigenvalue weighted by atomic mass is 9.87. The van der Waals surface area contributed by atoms with E-state index in [9.17, 15) is 9.90 Å². The van der Waals surface area contributed by atoms with Gasteiger partial charge in [0.2, 0.25) is 5.91 Å². The van der Waals surface area contributed by atoms with Crippen LogP contribution in [-0.2, 0) is 17.8 Å². The van der Waals surface area contributed by atoms with E-state index in [2.05, 4.69) is 12.6 Å². The third kappa shape index (κ3) is 4.18. The zero-order chi connectivity index (χ0) is 16.9. The van der Waals surface area contributed by atoms with Crippen molar-refractivity contribution in [1.29, 1.82) is 0 Å². The lowest BCUT2D eigenvalue weighted by Gasteiger charge is -2.31. The fraction of sp³-hybridized carbons (Fsp3) is 0.550. The normalized spacial score (nSPS) is 23.0. The predicted octanol–water partition coefficient (Wildman–Crippen LogP) is 3.08. The van der Waals surface area contributed by atoms with Crippen LogP contribution in [0.1, 0.15) is 43.2 Å². The van der Waals surface area contributed by atoms with Crippen LogP contribution in [-0.4, -0.2) is 35.2 Å². The van der Waals surface area contributed by atoms with Crippen molar-refractivity contribution in [1.82, 2.24) is 4.90 Å². The van der Waals surface area contributed by atoms with E-state index in [-0.39, 0.29) is 12.0 Å². The molecule has 1 amide bonds. The maximum absolute atomic E-state index is 12.3. The molecule has 0 radical (unpaired) electrons. The molecule has 1 aromatic rings. The van der Waals surface area contributed by atoms with Crippen LogP contribution in [0.5, 0.6) is 5.75 Å². The van der Waals surface area contributed by atoms with Gasteiger partial charge in [-0.25, -0.2) is 0 Å². The van der Waals surface area contributed by atoms with E-state index in [1.807, 2.05) is 17.0 Å². The number of carbonyl (C=O) groups is 1. The van der Waals surface area contributed by atoms with E-state index < -0.39 is 0 Å². The standard InChI is InChI=1S/C20H27NO3/c1-2-20(23)21(13-15-5-3-7-18(22)12-15)14-16-8-9-19-17(11-16)6-4-10-24-19/h2,8-9,11,15,18,22H,1,3-7,10,12-14H2. The second-order valence-electron chi connectivity index (χ2n) is 7.00. The van der Waals surface area contributed by atoms with E-state index in [4.69, 9.17) is 4.74 Å². The molecule has 1 heterocycles. The van der Waals surface area contributed by atoms with E-state index in [1.54, 1.807) is 0 Å². The minimum Gasteiger partial charge on any atom is -0.493 e. The van der Waals surface area contributed by atoms with Crippen molar-refractivity contribution >= 4 is 5.91 Å². The molecule has 1 fully saturated rings. The Labute approximate surface area is 144 Å². The molecule has 2 aliphatic rings. The van der Waals surface area contributed by atoms with Crippen LogP contribution in [0.3, 0.4) is 0 Å². The predicted molar refractivity (Wildman–Crippen MR) is 93.8 cm³/mol. The quantitative estimate of drug-likeness (QED) is 0.845. The molecule has 2 atom stereocenters. The Morgan fingerprint density at radius 1 is 1.38 bits per heavy atom. The van der Waals surface area contributed by atoms with Crippen molar-refractivity contribution in [3.63, 3.8) is 0 Å². The van der Waals surface area contributed by atoms with Crippen molar-refractivity contribution in [2.45, 2.75) is 51.2 Å². The molecule has 0 saturated heterocycles. The van der Waals surface area contributed by atoms with Gasteiger partial charge in [-0.3, -0.25) is 4.79 Å². The van der Waals surface area contributed by atoms with E-state index in [1.165, 1.54) is 11.6 Å². The molecule has 1 aliphatic carbocycles. The van der Waals surface area contributed by atoms with Gasteiger partial charge in [-0.15, -0.1) is 0 Å². The number of ether oxygens (including phenoxy) is 1. The molecule has 3 rings (SSSR count). The molecule has 130 valence electrons. The molecule has 1 N–H and O–H groups in total. The van der Waals surface area contributed by atoms with Crippen LogP contribution in [0.25, 0.3) is 0 Å². The topological polar surface area (TPSA) is 49.8 Å². The SMILES string of the molecule is C=CC(=O)N(Cc1ccc2c(c1)CCCO2)CC1CCCC(O)C1. The third-order valence-corrected chi connectivity index (χ3v) is 5.07. The summed E-state index contributed by atoms with van der Waals surface area (Å²) in [6, 6.07) is 6.22. The number of aliphatic hydroxyl groups is 1. The highest BCUT2D eigenvalue weighted by molar-refractivity contribution is 5.87. The Balaban J connectivity index is 1.69. The van der Waals surface area contributed by atoms with Gasteiger partial charge in [0.05, 0.1) is 12.7 Å². The molecular weight excluding hydrogens is 302 g/mol. The van der Waals surface area contributed by atoms with Crippen LogP contribution in [0.15, 0.2) is 30.9 Å². The number of aliphatic hydroxyl groups excluding tert-OH is 1. The monoisotopic (exact) mass is 329 g/mol. The summed E-state index contributed by atoms with van der Waals surface area (Å²) in [7, 11) is 0. The Bertz CT molecular complexity index is 599. The first-order chi connectivity index (χ1) is 11.7. The van der Waals surface area contributed by atoms with E-state index in [0.717, 1.165) is 56.4 Å². The first-order valence-electron chi connectivity index (χ1n) is 8.99. The van der Waals surface area contributed by atoms with Crippen molar-refractivity contribution in [3.05, 3.63) is 42.0 Å². The number of fused-ring (bicyclic) bond motifs is 1. The number of benzene rings is 1. The number of hydrogen-bond donors (Lipinski definition) is 1. The first-order valence-corrected chi connectivity index (χ1v) is 8.99. The smallest absolute Gasteiger partial charge is 0.246 e. The zero-order valence-corrected chi connectivity index (χ0v) is 14.2. The molecule has 24 heavy (non-hydrogen) atoms. The Hall–Kier alpha value is -1.81. The van der Waals surface area contributed by atoms with E-state index >= 15 is 0 Å². The second kappa shape index (κ2) is 7.84. The third-order valence-electron chi connectivity index (χ3n) is 5.07. The highest BCUT2D eigenvalue weighted by Gasteiger charge is 2.24.